The molecule has 0 spiro atoms. The summed E-state index contributed by atoms with van der Waals surface area (Å²) in [7, 11) is 1.43. The van der Waals surface area contributed by atoms with E-state index in [-0.39, 0.29) is 28.0 Å². The van der Waals surface area contributed by atoms with Crippen LogP contribution in [0.4, 0.5) is 10.5 Å². The molecule has 2 fully saturated rings. The van der Waals surface area contributed by atoms with E-state index in [1.54, 1.807) is 20.8 Å². The first kappa shape index (κ1) is 32.8. The van der Waals surface area contributed by atoms with Crippen LogP contribution in [0.5, 0.6) is 17.2 Å². The zero-order valence-corrected chi connectivity index (χ0v) is 26.4. The van der Waals surface area contributed by atoms with Crippen molar-refractivity contribution < 1.29 is 48.3 Å². The van der Waals surface area contributed by atoms with E-state index in [1.807, 2.05) is 19.9 Å². The summed E-state index contributed by atoms with van der Waals surface area (Å²) in [6.45, 7) is 9.97. The number of allylic oxidation sites excluding steroid dienone is 2. The highest BCUT2D eigenvalue weighted by molar-refractivity contribution is 6.06. The fourth-order valence-corrected chi connectivity index (χ4v) is 5.35. The molecule has 13 heteroatoms. The lowest BCUT2D eigenvalue weighted by Gasteiger charge is -2.47. The van der Waals surface area contributed by atoms with Crippen molar-refractivity contribution in [3.05, 3.63) is 69.1 Å². The quantitative estimate of drug-likeness (QED) is 0.159. The Balaban J connectivity index is 1.40. The van der Waals surface area contributed by atoms with Crippen molar-refractivity contribution >= 4 is 28.7 Å². The largest absolute Gasteiger partial charge is 0.508 e. The first-order valence-electron chi connectivity index (χ1n) is 14.8. The number of ether oxygens (including phenoxy) is 4. The Morgan fingerprint density at radius 2 is 1.87 bits per heavy atom. The molecule has 2 aromatic carbocycles. The number of amides is 2. The van der Waals surface area contributed by atoms with Gasteiger partial charge in [-0.1, -0.05) is 11.6 Å². The van der Waals surface area contributed by atoms with Crippen LogP contribution in [0.3, 0.4) is 0 Å². The average Bonchev–Trinajstić information content (AvgIpc) is 3.84. The van der Waals surface area contributed by atoms with Gasteiger partial charge < -0.3 is 48.9 Å². The van der Waals surface area contributed by atoms with Crippen molar-refractivity contribution in [2.75, 3.05) is 25.5 Å². The van der Waals surface area contributed by atoms with Crippen LogP contribution in [0.2, 0.25) is 0 Å². The number of rotatable bonds is 8. The number of hydrogen-bond donors (Lipinski definition) is 4. The van der Waals surface area contributed by atoms with Crippen molar-refractivity contribution in [1.29, 1.82) is 0 Å². The number of anilines is 1. The lowest BCUT2D eigenvalue weighted by molar-refractivity contribution is -0.305. The summed E-state index contributed by atoms with van der Waals surface area (Å²) in [5.41, 5.74) is -0.515. The number of aliphatic hydroxyl groups excluding tert-OH is 1. The Bertz CT molecular complexity index is 1750. The van der Waals surface area contributed by atoms with E-state index in [2.05, 4.69) is 5.32 Å². The summed E-state index contributed by atoms with van der Waals surface area (Å²) in [6.07, 6.45) is -2.96. The maximum Gasteiger partial charge on any atom is 0.410 e. The summed E-state index contributed by atoms with van der Waals surface area (Å²) in [5, 5.41) is 34.9. The van der Waals surface area contributed by atoms with Crippen LogP contribution >= 0.6 is 0 Å². The molecule has 2 aliphatic rings. The number of hydrogen-bond acceptors (Lipinski definition) is 11. The van der Waals surface area contributed by atoms with E-state index < -0.39 is 59.3 Å². The van der Waals surface area contributed by atoms with Crippen LogP contribution in [0.1, 0.15) is 49.2 Å². The molecule has 3 heterocycles. The molecule has 0 aliphatic carbocycles. The van der Waals surface area contributed by atoms with Gasteiger partial charge in [-0.2, -0.15) is 0 Å². The molecule has 5 rings (SSSR count). The zero-order chi connectivity index (χ0) is 33.5. The van der Waals surface area contributed by atoms with Gasteiger partial charge in [-0.15, -0.1) is 0 Å². The van der Waals surface area contributed by atoms with E-state index in [0.717, 1.165) is 5.57 Å². The number of fused-ring (bicyclic) bond motifs is 1. The Labute approximate surface area is 264 Å². The number of carbonyl (C=O) groups is 2. The second-order valence-corrected chi connectivity index (χ2v) is 12.2. The number of benzene rings is 2. The third-order valence-electron chi connectivity index (χ3n) is 8.02. The molecule has 3 aromatic rings. The number of aliphatic hydroxyl groups is 1. The Morgan fingerprint density at radius 1 is 1.15 bits per heavy atom. The van der Waals surface area contributed by atoms with E-state index in [4.69, 9.17) is 23.4 Å². The van der Waals surface area contributed by atoms with E-state index in [1.165, 1.54) is 42.3 Å². The second-order valence-electron chi connectivity index (χ2n) is 12.2. The molecule has 2 aliphatic heterocycles. The van der Waals surface area contributed by atoms with Gasteiger partial charge in [-0.3, -0.25) is 4.79 Å². The predicted molar refractivity (Wildman–Crippen MR) is 166 cm³/mol. The smallest absolute Gasteiger partial charge is 0.410 e. The van der Waals surface area contributed by atoms with Gasteiger partial charge in [0.2, 0.25) is 6.29 Å². The highest BCUT2D eigenvalue weighted by Gasteiger charge is 2.54. The standard InChI is InChI=1S/C33H38N2O11/c1-16(2)7-8-18-15-19(9-11-21(18)36)29(39)34-23-24(37)20-10-12-22(17(3)26(20)44-30(23)40)43-31-25(38)27(45-32(41)35-13-14-35)28(42-6)33(4,5)46-31/h7,9-12,15,25,27-28,31,36-38H,8,13-14H2,1-6H3,(H,34,39)/t25-,27+,28?,31-/m1/s1. The number of carbonyl (C=O) groups excluding carboxylic acids is 2. The lowest BCUT2D eigenvalue weighted by Crippen LogP contribution is -2.65. The minimum absolute atomic E-state index is 0.0181. The van der Waals surface area contributed by atoms with Crippen LogP contribution in [0, 0.1) is 6.92 Å². The second kappa shape index (κ2) is 12.7. The summed E-state index contributed by atoms with van der Waals surface area (Å²) in [6, 6.07) is 7.21. The van der Waals surface area contributed by atoms with Gasteiger partial charge in [0.05, 0.1) is 11.0 Å². The summed E-state index contributed by atoms with van der Waals surface area (Å²) in [4.78, 5) is 40.0. The summed E-state index contributed by atoms with van der Waals surface area (Å²) in [5.74, 6) is -1.02. The van der Waals surface area contributed by atoms with Gasteiger partial charge in [0.25, 0.3) is 5.91 Å². The maximum absolute atomic E-state index is 13.1. The fraction of sp³-hybridized carbons (Fsp3) is 0.424. The highest BCUT2D eigenvalue weighted by Crippen LogP contribution is 2.39. The summed E-state index contributed by atoms with van der Waals surface area (Å²) < 4.78 is 28.7. The molecule has 4 N–H and O–H groups in total. The number of nitrogens with zero attached hydrogens (tertiary/aromatic N) is 1. The van der Waals surface area contributed by atoms with Crippen molar-refractivity contribution in [3.8, 4) is 17.2 Å². The molecule has 1 unspecified atom stereocenters. The molecule has 13 nitrogen and oxygen atoms in total. The number of phenols is 1. The predicted octanol–water partition coefficient (Wildman–Crippen LogP) is 3.98. The first-order chi connectivity index (χ1) is 21.7. The monoisotopic (exact) mass is 638 g/mol. The van der Waals surface area contributed by atoms with Crippen LogP contribution in [-0.2, 0) is 20.6 Å². The molecule has 0 radical (unpaired) electrons. The number of phenolic OH excluding ortho intramolecular Hbond substituents is 1. The summed E-state index contributed by atoms with van der Waals surface area (Å²) >= 11 is 0. The van der Waals surface area contributed by atoms with Crippen LogP contribution in [0.25, 0.3) is 11.0 Å². The van der Waals surface area contributed by atoms with E-state index in [0.29, 0.717) is 30.6 Å². The number of nitrogens with one attached hydrogen (secondary N) is 1. The molecule has 4 atom stereocenters. The van der Waals surface area contributed by atoms with Crippen molar-refractivity contribution in [1.82, 2.24) is 4.90 Å². The maximum atomic E-state index is 13.1. The molecule has 46 heavy (non-hydrogen) atoms. The molecule has 0 saturated carbocycles. The Morgan fingerprint density at radius 3 is 2.52 bits per heavy atom. The van der Waals surface area contributed by atoms with Crippen LogP contribution in [-0.4, -0.2) is 82.6 Å². The van der Waals surface area contributed by atoms with Crippen molar-refractivity contribution in [2.24, 2.45) is 0 Å². The molecule has 246 valence electrons. The molecule has 2 amide bonds. The van der Waals surface area contributed by atoms with Gasteiger partial charge >= 0.3 is 11.7 Å². The third kappa shape index (κ3) is 6.52. The lowest BCUT2D eigenvalue weighted by atomic mass is 9.89. The van der Waals surface area contributed by atoms with Crippen LogP contribution in [0.15, 0.2) is 51.2 Å². The van der Waals surface area contributed by atoms with Gasteiger partial charge in [0.1, 0.15) is 23.2 Å². The molecule has 1 aromatic heterocycles. The van der Waals surface area contributed by atoms with Gasteiger partial charge in [0, 0.05) is 31.3 Å². The van der Waals surface area contributed by atoms with Crippen molar-refractivity contribution in [3.63, 3.8) is 0 Å². The minimum atomic E-state index is -1.45. The Hall–Kier alpha value is -4.59. The molecule has 2 saturated heterocycles. The van der Waals surface area contributed by atoms with Crippen LogP contribution < -0.4 is 15.7 Å². The van der Waals surface area contributed by atoms with E-state index >= 15 is 0 Å². The first-order valence-corrected chi connectivity index (χ1v) is 14.8. The van der Waals surface area contributed by atoms with Gasteiger partial charge in [0.15, 0.2) is 23.6 Å². The average molecular weight is 639 g/mol. The zero-order valence-electron chi connectivity index (χ0n) is 26.4. The minimum Gasteiger partial charge on any atom is -0.508 e. The van der Waals surface area contributed by atoms with E-state index in [9.17, 15) is 29.7 Å². The molecular formula is C33H38N2O11. The molecular weight excluding hydrogens is 600 g/mol. The van der Waals surface area contributed by atoms with Crippen molar-refractivity contribution in [2.45, 2.75) is 71.2 Å². The number of aromatic hydroxyl groups is 2. The number of methoxy groups -OCH3 is 1. The third-order valence-corrected chi connectivity index (χ3v) is 8.02. The fourth-order valence-electron chi connectivity index (χ4n) is 5.35. The normalized spacial score (nSPS) is 21.8. The SMILES string of the molecule is COC1[C@@H](OC(=O)N2CC2)[C@@H](O)[C@H](Oc2ccc3c(O)c(NC(=O)c4ccc(O)c(CC=C(C)C)c4)c(=O)oc3c2C)OC1(C)C. The van der Waals surface area contributed by atoms with Gasteiger partial charge in [-0.05, 0) is 76.9 Å². The van der Waals surface area contributed by atoms with Gasteiger partial charge in [-0.25, -0.2) is 9.59 Å². The highest BCUT2D eigenvalue weighted by atomic mass is 16.7. The molecule has 0 bridgehead atoms. The number of aryl methyl sites for hydroxylation is 1. The topological polar surface area (TPSA) is 177 Å². The Kier molecular flexibility index (Phi) is 9.03.